The van der Waals surface area contributed by atoms with E-state index >= 15 is 0 Å². The Hall–Kier alpha value is -2.05. The first-order valence-corrected chi connectivity index (χ1v) is 9.87. The first-order chi connectivity index (χ1) is 13.6. The molecule has 0 amide bonds. The molecule has 146 valence electrons. The molecule has 7 heteroatoms. The third-order valence-electron chi connectivity index (χ3n) is 4.68. The first kappa shape index (κ1) is 19.3. The van der Waals surface area contributed by atoms with Crippen LogP contribution >= 0.6 is 23.2 Å². The summed E-state index contributed by atoms with van der Waals surface area (Å²) < 4.78 is 18.3. The lowest BCUT2D eigenvalue weighted by atomic mass is 10.0. The Kier molecular flexibility index (Phi) is 5.60. The van der Waals surface area contributed by atoms with Gasteiger partial charge in [0.05, 0.1) is 24.2 Å². The lowest BCUT2D eigenvalue weighted by molar-refractivity contribution is -0.177. The highest BCUT2D eigenvalue weighted by Crippen LogP contribution is 2.39. The normalized spacial score (nSPS) is 21.8. The molecule has 0 bridgehead atoms. The summed E-state index contributed by atoms with van der Waals surface area (Å²) in [7, 11) is 0. The number of nitrogens with one attached hydrogen (secondary N) is 1. The van der Waals surface area contributed by atoms with Crippen molar-refractivity contribution in [3.8, 4) is 11.5 Å². The number of halogens is 2. The Morgan fingerprint density at radius 2 is 2.04 bits per heavy atom. The van der Waals surface area contributed by atoms with E-state index in [9.17, 15) is 0 Å². The molecular weight excluding hydrogens is 399 g/mol. The number of rotatable bonds is 6. The monoisotopic (exact) mass is 418 g/mol. The fraction of sp³-hybridized carbons (Fsp3) is 0.286. The maximum Gasteiger partial charge on any atom is 0.202 e. The number of H-pyrrole nitrogens is 1. The minimum absolute atomic E-state index is 0.0520. The van der Waals surface area contributed by atoms with Gasteiger partial charge in [-0.25, -0.2) is 4.98 Å². The Morgan fingerprint density at radius 1 is 1.21 bits per heavy atom. The van der Waals surface area contributed by atoms with Gasteiger partial charge < -0.3 is 19.2 Å². The Labute approximate surface area is 173 Å². The van der Waals surface area contributed by atoms with Gasteiger partial charge in [-0.05, 0) is 42.8 Å². The van der Waals surface area contributed by atoms with Crippen LogP contribution in [0, 0.1) is 0 Å². The second kappa shape index (κ2) is 8.13. The average Bonchev–Trinajstić information content (AvgIpc) is 3.36. The lowest BCUT2D eigenvalue weighted by Gasteiger charge is -2.28. The molecule has 2 heterocycles. The van der Waals surface area contributed by atoms with Gasteiger partial charge in [-0.3, -0.25) is 0 Å². The SMILES string of the molecule is CCC1COC(Cc2ncc[nH]2)(c2ccc(Oc3cc(Cl)ccc3Cl)cc2)O1. The van der Waals surface area contributed by atoms with Crippen molar-refractivity contribution >= 4 is 23.2 Å². The lowest BCUT2D eigenvalue weighted by Crippen LogP contribution is -2.31. The number of imidazole rings is 1. The van der Waals surface area contributed by atoms with E-state index in [1.54, 1.807) is 30.6 Å². The largest absolute Gasteiger partial charge is 0.456 e. The third kappa shape index (κ3) is 4.03. The highest BCUT2D eigenvalue weighted by molar-refractivity contribution is 6.34. The van der Waals surface area contributed by atoms with Crippen LogP contribution in [0.3, 0.4) is 0 Å². The summed E-state index contributed by atoms with van der Waals surface area (Å²) in [6.07, 6.45) is 4.95. The molecule has 1 aromatic heterocycles. The highest BCUT2D eigenvalue weighted by atomic mass is 35.5. The van der Waals surface area contributed by atoms with Crippen molar-refractivity contribution in [2.45, 2.75) is 31.7 Å². The highest BCUT2D eigenvalue weighted by Gasteiger charge is 2.43. The minimum atomic E-state index is -0.870. The summed E-state index contributed by atoms with van der Waals surface area (Å²) in [6, 6.07) is 12.7. The molecule has 4 rings (SSSR count). The zero-order valence-electron chi connectivity index (χ0n) is 15.3. The molecule has 1 N–H and O–H groups in total. The van der Waals surface area contributed by atoms with Gasteiger partial charge in [0.15, 0.2) is 0 Å². The fourth-order valence-electron chi connectivity index (χ4n) is 3.19. The maximum atomic E-state index is 6.29. The maximum absolute atomic E-state index is 6.29. The summed E-state index contributed by atoms with van der Waals surface area (Å²) in [4.78, 5) is 7.45. The molecule has 28 heavy (non-hydrogen) atoms. The molecule has 0 saturated carbocycles. The molecule has 2 atom stereocenters. The molecule has 0 aliphatic carbocycles. The molecule has 2 aromatic carbocycles. The molecule has 1 aliphatic rings. The number of ether oxygens (including phenoxy) is 3. The van der Waals surface area contributed by atoms with Gasteiger partial charge in [0.25, 0.3) is 0 Å². The Bertz CT molecular complexity index is 931. The third-order valence-corrected chi connectivity index (χ3v) is 5.23. The van der Waals surface area contributed by atoms with Crippen molar-refractivity contribution in [3.05, 3.63) is 76.3 Å². The van der Waals surface area contributed by atoms with E-state index in [-0.39, 0.29) is 6.10 Å². The van der Waals surface area contributed by atoms with Crippen molar-refractivity contribution in [1.29, 1.82) is 0 Å². The number of nitrogens with zero attached hydrogens (tertiary/aromatic N) is 1. The predicted molar refractivity (Wildman–Crippen MR) is 108 cm³/mol. The van der Waals surface area contributed by atoms with E-state index in [0.29, 0.717) is 34.6 Å². The van der Waals surface area contributed by atoms with Crippen LogP contribution < -0.4 is 4.74 Å². The average molecular weight is 419 g/mol. The minimum Gasteiger partial charge on any atom is -0.456 e. The van der Waals surface area contributed by atoms with Crippen LogP contribution in [-0.4, -0.2) is 22.7 Å². The van der Waals surface area contributed by atoms with E-state index < -0.39 is 5.79 Å². The molecule has 5 nitrogen and oxygen atoms in total. The van der Waals surface area contributed by atoms with Crippen LogP contribution in [0.2, 0.25) is 10.0 Å². The standard InChI is InChI=1S/C21H20Cl2N2O3/c1-2-16-13-26-21(28-16,12-20-24-9-10-25-20)14-3-6-17(7-4-14)27-19-11-15(22)5-8-18(19)23/h3-11,16H,2,12-13H2,1H3,(H,24,25). The van der Waals surface area contributed by atoms with E-state index in [1.807, 2.05) is 24.3 Å². The number of aromatic nitrogens is 2. The molecule has 3 aromatic rings. The molecule has 1 aliphatic heterocycles. The number of benzene rings is 2. The fourth-order valence-corrected chi connectivity index (χ4v) is 3.50. The number of hydrogen-bond acceptors (Lipinski definition) is 4. The van der Waals surface area contributed by atoms with Crippen LogP contribution in [0.15, 0.2) is 54.9 Å². The first-order valence-electron chi connectivity index (χ1n) is 9.11. The molecule has 1 saturated heterocycles. The smallest absolute Gasteiger partial charge is 0.202 e. The van der Waals surface area contributed by atoms with Crippen molar-refractivity contribution in [1.82, 2.24) is 9.97 Å². The van der Waals surface area contributed by atoms with Crippen molar-refractivity contribution in [2.75, 3.05) is 6.61 Å². The molecule has 0 radical (unpaired) electrons. The van der Waals surface area contributed by atoms with E-state index in [2.05, 4.69) is 16.9 Å². The summed E-state index contributed by atoms with van der Waals surface area (Å²) in [6.45, 7) is 2.64. The Balaban J connectivity index is 1.58. The van der Waals surface area contributed by atoms with Crippen LogP contribution in [0.5, 0.6) is 11.5 Å². The van der Waals surface area contributed by atoms with Gasteiger partial charge >= 0.3 is 0 Å². The summed E-state index contributed by atoms with van der Waals surface area (Å²) in [5.41, 5.74) is 0.907. The van der Waals surface area contributed by atoms with Crippen molar-refractivity contribution in [3.63, 3.8) is 0 Å². The quantitative estimate of drug-likeness (QED) is 0.555. The molecule has 0 spiro atoms. The zero-order valence-corrected chi connectivity index (χ0v) is 16.8. The predicted octanol–water partition coefficient (Wildman–Crippen LogP) is 5.73. The van der Waals surface area contributed by atoms with Crippen LogP contribution in [0.4, 0.5) is 0 Å². The summed E-state index contributed by atoms with van der Waals surface area (Å²) >= 11 is 12.2. The topological polar surface area (TPSA) is 56.4 Å². The molecule has 2 unspecified atom stereocenters. The zero-order chi connectivity index (χ0) is 19.6. The second-order valence-electron chi connectivity index (χ2n) is 6.63. The van der Waals surface area contributed by atoms with Crippen molar-refractivity contribution in [2.24, 2.45) is 0 Å². The van der Waals surface area contributed by atoms with Gasteiger partial charge in [0.2, 0.25) is 5.79 Å². The van der Waals surface area contributed by atoms with Gasteiger partial charge in [-0.15, -0.1) is 0 Å². The Morgan fingerprint density at radius 3 is 2.71 bits per heavy atom. The van der Waals surface area contributed by atoms with Crippen LogP contribution in [0.25, 0.3) is 0 Å². The molecular formula is C21H20Cl2N2O3. The molecule has 1 fully saturated rings. The number of hydrogen-bond donors (Lipinski definition) is 1. The van der Waals surface area contributed by atoms with Gasteiger partial charge in [0, 0.05) is 29.0 Å². The van der Waals surface area contributed by atoms with Gasteiger partial charge in [0.1, 0.15) is 17.3 Å². The van der Waals surface area contributed by atoms with E-state index in [1.165, 1.54) is 0 Å². The second-order valence-corrected chi connectivity index (χ2v) is 7.47. The van der Waals surface area contributed by atoms with E-state index in [0.717, 1.165) is 17.8 Å². The summed E-state index contributed by atoms with van der Waals surface area (Å²) in [5.74, 6) is 1.09. The van der Waals surface area contributed by atoms with Gasteiger partial charge in [-0.2, -0.15) is 0 Å². The number of aromatic amines is 1. The summed E-state index contributed by atoms with van der Waals surface area (Å²) in [5, 5.41) is 1.06. The van der Waals surface area contributed by atoms with Crippen LogP contribution in [-0.2, 0) is 21.7 Å². The van der Waals surface area contributed by atoms with Crippen molar-refractivity contribution < 1.29 is 14.2 Å². The van der Waals surface area contributed by atoms with Gasteiger partial charge in [-0.1, -0.05) is 30.1 Å². The van der Waals surface area contributed by atoms with Crippen LogP contribution in [0.1, 0.15) is 24.7 Å². The van der Waals surface area contributed by atoms with E-state index in [4.69, 9.17) is 37.4 Å².